The molecule has 0 spiro atoms. The van der Waals surface area contributed by atoms with Crippen molar-refractivity contribution in [2.24, 2.45) is 0 Å². The van der Waals surface area contributed by atoms with E-state index in [1.54, 1.807) is 0 Å². The molecule has 0 atom stereocenters. The van der Waals surface area contributed by atoms with Crippen molar-refractivity contribution in [3.8, 4) is 0 Å². The second-order valence-electron chi connectivity index (χ2n) is 6.60. The molecule has 1 aliphatic heterocycles. The third-order valence-electron chi connectivity index (χ3n) is 5.13. The lowest BCUT2D eigenvalue weighted by atomic mass is 10.0. The molecule has 1 N–H and O–H groups in total. The Morgan fingerprint density at radius 1 is 0.923 bits per heavy atom. The van der Waals surface area contributed by atoms with Crippen molar-refractivity contribution < 1.29 is 4.79 Å². The summed E-state index contributed by atoms with van der Waals surface area (Å²) in [5.41, 5.74) is 6.09. The number of carbonyl (C=O) groups excluding carboxylic acids is 1. The van der Waals surface area contributed by atoms with Gasteiger partial charge in [-0.25, -0.2) is 0 Å². The molecule has 0 saturated heterocycles. The molecule has 1 aliphatic rings. The van der Waals surface area contributed by atoms with Gasteiger partial charge < -0.3 is 9.88 Å². The first-order chi connectivity index (χ1) is 12.8. The summed E-state index contributed by atoms with van der Waals surface area (Å²) in [4.78, 5) is 12.4. The Bertz CT molecular complexity index is 1210. The second kappa shape index (κ2) is 5.60. The van der Waals surface area contributed by atoms with Crippen molar-refractivity contribution in [3.05, 3.63) is 77.9 Å². The first-order valence-electron chi connectivity index (χ1n) is 8.89. The number of hydrogen-bond acceptors (Lipinski definition) is 1. The van der Waals surface area contributed by atoms with Crippen LogP contribution in [-0.2, 0) is 11.3 Å². The summed E-state index contributed by atoms with van der Waals surface area (Å²) in [6.45, 7) is 3.10. The van der Waals surface area contributed by atoms with Gasteiger partial charge in [-0.15, -0.1) is 0 Å². The zero-order valence-electron chi connectivity index (χ0n) is 14.5. The molecule has 0 radical (unpaired) electrons. The van der Waals surface area contributed by atoms with Crippen LogP contribution in [0.4, 0.5) is 5.69 Å². The third-order valence-corrected chi connectivity index (χ3v) is 5.13. The molecule has 26 heavy (non-hydrogen) atoms. The van der Waals surface area contributed by atoms with Crippen LogP contribution < -0.4 is 5.32 Å². The van der Waals surface area contributed by atoms with Gasteiger partial charge in [0.2, 0.25) is 0 Å². The minimum atomic E-state index is -0.0396. The number of anilines is 1. The van der Waals surface area contributed by atoms with E-state index in [9.17, 15) is 4.79 Å². The zero-order valence-corrected chi connectivity index (χ0v) is 14.5. The largest absolute Gasteiger partial charge is 0.341 e. The fourth-order valence-electron chi connectivity index (χ4n) is 3.95. The molecule has 5 rings (SSSR count). The minimum Gasteiger partial charge on any atom is -0.341 e. The predicted molar refractivity (Wildman–Crippen MR) is 108 cm³/mol. The van der Waals surface area contributed by atoms with Crippen LogP contribution in [0.3, 0.4) is 0 Å². The van der Waals surface area contributed by atoms with Gasteiger partial charge in [0.05, 0.1) is 0 Å². The van der Waals surface area contributed by atoms with E-state index in [4.69, 9.17) is 0 Å². The van der Waals surface area contributed by atoms with Crippen LogP contribution in [0.1, 0.15) is 18.1 Å². The van der Waals surface area contributed by atoms with Gasteiger partial charge in [-0.1, -0.05) is 42.5 Å². The molecule has 3 aromatic carbocycles. The van der Waals surface area contributed by atoms with Gasteiger partial charge in [0.1, 0.15) is 0 Å². The van der Waals surface area contributed by atoms with Crippen molar-refractivity contribution in [1.82, 2.24) is 4.57 Å². The van der Waals surface area contributed by atoms with E-state index in [2.05, 4.69) is 59.3 Å². The van der Waals surface area contributed by atoms with E-state index in [0.29, 0.717) is 0 Å². The van der Waals surface area contributed by atoms with Gasteiger partial charge in [-0.05, 0) is 42.8 Å². The standard InChI is InChI=1S/C23H18N2O/c1-2-25-21-10-6-4-8-17(21)18-13-15(11-12-22(18)25)14-19-16-7-3-5-9-20(16)24-23(19)26/h3-14H,2H2,1H3,(H,24,26)/b19-14+. The number of carbonyl (C=O) groups is 1. The van der Waals surface area contributed by atoms with E-state index in [-0.39, 0.29) is 5.91 Å². The van der Waals surface area contributed by atoms with E-state index in [0.717, 1.165) is 28.9 Å². The molecule has 3 heteroatoms. The van der Waals surface area contributed by atoms with Crippen LogP contribution in [0.5, 0.6) is 0 Å². The predicted octanol–water partition coefficient (Wildman–Crippen LogP) is 5.31. The van der Waals surface area contributed by atoms with Crippen molar-refractivity contribution in [2.75, 3.05) is 5.32 Å². The van der Waals surface area contributed by atoms with Gasteiger partial charge in [-0.3, -0.25) is 4.79 Å². The number of para-hydroxylation sites is 2. The van der Waals surface area contributed by atoms with Crippen LogP contribution in [-0.4, -0.2) is 10.5 Å². The number of benzene rings is 3. The molecule has 3 nitrogen and oxygen atoms in total. The van der Waals surface area contributed by atoms with E-state index in [1.807, 2.05) is 30.3 Å². The normalized spacial score (nSPS) is 15.0. The van der Waals surface area contributed by atoms with E-state index < -0.39 is 0 Å². The van der Waals surface area contributed by atoms with Crippen LogP contribution in [0.15, 0.2) is 66.7 Å². The molecule has 1 aromatic heterocycles. The fourth-order valence-corrected chi connectivity index (χ4v) is 3.95. The van der Waals surface area contributed by atoms with Gasteiger partial charge in [0, 0.05) is 45.2 Å². The number of aryl methyl sites for hydroxylation is 1. The van der Waals surface area contributed by atoms with Gasteiger partial charge in [0.25, 0.3) is 5.91 Å². The summed E-state index contributed by atoms with van der Waals surface area (Å²) in [7, 11) is 0. The van der Waals surface area contributed by atoms with Crippen LogP contribution in [0.25, 0.3) is 33.5 Å². The fraction of sp³-hybridized carbons (Fsp3) is 0.0870. The lowest BCUT2D eigenvalue weighted by Gasteiger charge is -2.03. The smallest absolute Gasteiger partial charge is 0.256 e. The Kier molecular flexibility index (Phi) is 3.22. The van der Waals surface area contributed by atoms with Gasteiger partial charge in [0.15, 0.2) is 0 Å². The summed E-state index contributed by atoms with van der Waals surface area (Å²) < 4.78 is 2.33. The highest BCUT2D eigenvalue weighted by molar-refractivity contribution is 6.35. The molecule has 0 aliphatic carbocycles. The Morgan fingerprint density at radius 3 is 2.58 bits per heavy atom. The molecule has 0 fully saturated rings. The molecule has 2 heterocycles. The average Bonchev–Trinajstić information content (AvgIpc) is 3.16. The highest BCUT2D eigenvalue weighted by Crippen LogP contribution is 2.34. The SMILES string of the molecule is CCn1c2ccccc2c2cc(/C=C3/C(=O)Nc4ccccc43)ccc21. The quantitative estimate of drug-likeness (QED) is 0.494. The topological polar surface area (TPSA) is 34.0 Å². The molecule has 126 valence electrons. The Hall–Kier alpha value is -3.33. The maximum atomic E-state index is 12.4. The monoisotopic (exact) mass is 338 g/mol. The molecular weight excluding hydrogens is 320 g/mol. The summed E-state index contributed by atoms with van der Waals surface area (Å²) in [5.74, 6) is -0.0396. The van der Waals surface area contributed by atoms with Crippen molar-refractivity contribution in [2.45, 2.75) is 13.5 Å². The van der Waals surface area contributed by atoms with Gasteiger partial charge >= 0.3 is 0 Å². The Morgan fingerprint density at radius 2 is 1.69 bits per heavy atom. The number of aromatic nitrogens is 1. The third kappa shape index (κ3) is 2.10. The van der Waals surface area contributed by atoms with Crippen molar-refractivity contribution >= 4 is 45.0 Å². The maximum Gasteiger partial charge on any atom is 0.256 e. The number of nitrogens with one attached hydrogen (secondary N) is 1. The Labute approximate surface area is 151 Å². The second-order valence-corrected chi connectivity index (χ2v) is 6.60. The van der Waals surface area contributed by atoms with Crippen LogP contribution in [0.2, 0.25) is 0 Å². The number of amides is 1. The summed E-state index contributed by atoms with van der Waals surface area (Å²) in [6.07, 6.45) is 1.98. The summed E-state index contributed by atoms with van der Waals surface area (Å²) >= 11 is 0. The summed E-state index contributed by atoms with van der Waals surface area (Å²) in [5, 5.41) is 5.41. The number of hydrogen-bond donors (Lipinski definition) is 1. The first kappa shape index (κ1) is 15.0. The minimum absolute atomic E-state index is 0.0396. The average molecular weight is 338 g/mol. The lowest BCUT2D eigenvalue weighted by molar-refractivity contribution is -0.110. The molecular formula is C23H18N2O. The van der Waals surface area contributed by atoms with Crippen molar-refractivity contribution in [3.63, 3.8) is 0 Å². The number of rotatable bonds is 2. The highest BCUT2D eigenvalue weighted by atomic mass is 16.2. The molecule has 4 aromatic rings. The van der Waals surface area contributed by atoms with E-state index >= 15 is 0 Å². The van der Waals surface area contributed by atoms with Crippen LogP contribution in [0, 0.1) is 0 Å². The molecule has 0 bridgehead atoms. The highest BCUT2D eigenvalue weighted by Gasteiger charge is 2.23. The zero-order chi connectivity index (χ0) is 17.7. The van der Waals surface area contributed by atoms with Gasteiger partial charge in [-0.2, -0.15) is 0 Å². The lowest BCUT2D eigenvalue weighted by Crippen LogP contribution is -2.03. The van der Waals surface area contributed by atoms with Crippen LogP contribution >= 0.6 is 0 Å². The summed E-state index contributed by atoms with van der Waals surface area (Å²) in [6, 6.07) is 22.7. The van der Waals surface area contributed by atoms with E-state index in [1.165, 1.54) is 21.8 Å². The molecule has 0 saturated carbocycles. The number of fused-ring (bicyclic) bond motifs is 4. The maximum absolute atomic E-state index is 12.4. The number of nitrogens with zero attached hydrogens (tertiary/aromatic N) is 1. The molecule has 0 unspecified atom stereocenters. The van der Waals surface area contributed by atoms with Crippen molar-refractivity contribution in [1.29, 1.82) is 0 Å². The Balaban J connectivity index is 1.72. The molecule has 1 amide bonds. The first-order valence-corrected chi connectivity index (χ1v) is 8.89.